The number of phenolic OH excluding ortho intramolecular Hbond substituents is 1. The number of phenols is 1. The van der Waals surface area contributed by atoms with Crippen LogP contribution >= 0.6 is 11.3 Å². The number of hydrogen-bond donors (Lipinski definition) is 6. The average molecular weight is 813 g/mol. The molecule has 4 rings (SSSR count). The van der Waals surface area contributed by atoms with Gasteiger partial charge in [-0.2, -0.15) is 26.3 Å². The van der Waals surface area contributed by atoms with E-state index in [4.69, 9.17) is 29.3 Å². The van der Waals surface area contributed by atoms with Crippen LogP contribution in [0.2, 0.25) is 0 Å². The van der Waals surface area contributed by atoms with E-state index in [2.05, 4.69) is 20.5 Å². The number of nitrogens with one attached hydrogen (secondary N) is 3. The molecular formula is C35H46F6N4O9S. The predicted octanol–water partition coefficient (Wildman–Crippen LogP) is 5.48. The van der Waals surface area contributed by atoms with E-state index in [1.54, 1.807) is 20.3 Å². The van der Waals surface area contributed by atoms with Crippen LogP contribution in [0.4, 0.5) is 26.3 Å². The van der Waals surface area contributed by atoms with Crippen molar-refractivity contribution in [3.63, 3.8) is 0 Å². The van der Waals surface area contributed by atoms with Gasteiger partial charge >= 0.3 is 29.2 Å². The van der Waals surface area contributed by atoms with Crippen molar-refractivity contribution in [3.05, 3.63) is 51.1 Å². The molecule has 0 aliphatic heterocycles. The van der Waals surface area contributed by atoms with Crippen molar-refractivity contribution < 1.29 is 65.5 Å². The first-order chi connectivity index (χ1) is 25.9. The van der Waals surface area contributed by atoms with Gasteiger partial charge in [0, 0.05) is 32.1 Å². The van der Waals surface area contributed by atoms with Crippen LogP contribution in [0.25, 0.3) is 10.2 Å². The number of alkyl halides is 6. The van der Waals surface area contributed by atoms with Crippen molar-refractivity contribution in [2.75, 3.05) is 46.9 Å². The first kappa shape index (κ1) is 46.6. The Labute approximate surface area is 316 Å². The van der Waals surface area contributed by atoms with Crippen LogP contribution in [-0.4, -0.2) is 108 Å². The third-order valence-corrected chi connectivity index (χ3v) is 9.32. The minimum atomic E-state index is -5.08. The number of nitrogens with zero attached hydrogens (tertiary/aromatic N) is 1. The molecular weight excluding hydrogens is 766 g/mol. The SMILES string of the molecule is COc1ccc(CCNCCC(=O)N(CCNCCc2ccc(O)c3[nH]c(=O)sc23)C2CCCCCC2)cc1OC.O=C(O)C(F)(F)F.O=C(O)C(F)(F)F. The molecule has 20 heteroatoms. The second-order valence-corrected chi connectivity index (χ2v) is 13.2. The fraction of sp³-hybridized carbons (Fsp3) is 0.543. The number of H-pyrrole nitrogens is 1. The Bertz CT molecular complexity index is 1700. The van der Waals surface area contributed by atoms with Gasteiger partial charge in [-0.1, -0.05) is 49.2 Å². The quantitative estimate of drug-likeness (QED) is 0.0647. The van der Waals surface area contributed by atoms with E-state index >= 15 is 0 Å². The number of halogens is 6. The molecule has 308 valence electrons. The van der Waals surface area contributed by atoms with Gasteiger partial charge in [0.25, 0.3) is 0 Å². The number of hydrogen-bond acceptors (Lipinski definition) is 10. The van der Waals surface area contributed by atoms with Crippen LogP contribution in [0.5, 0.6) is 17.2 Å². The Hall–Kier alpha value is -4.56. The number of carboxylic acid groups (broad SMARTS) is 2. The van der Waals surface area contributed by atoms with Gasteiger partial charge in [0.15, 0.2) is 11.5 Å². The summed E-state index contributed by atoms with van der Waals surface area (Å²) in [6, 6.07) is 9.78. The normalized spacial score (nSPS) is 13.5. The fourth-order valence-electron chi connectivity index (χ4n) is 5.63. The van der Waals surface area contributed by atoms with E-state index in [0.717, 1.165) is 84.0 Å². The standard InChI is InChI=1S/C31H44N4O5S.2C2HF3O2/c1-39-26-12-9-22(21-27(26)40-2)13-16-32-18-15-28(37)35(24-7-5-3-4-6-8-24)20-19-33-17-14-23-10-11-25(36)29-30(23)41-31(38)34-29;2*3-2(4,5)1(6)7/h9-12,21,24,32-33,36H,3-8,13-20H2,1-2H3,(H,34,38);2*(H,6,7). The molecule has 1 heterocycles. The van der Waals surface area contributed by atoms with E-state index < -0.39 is 24.3 Å². The van der Waals surface area contributed by atoms with Crippen LogP contribution in [-0.2, 0) is 27.2 Å². The number of carbonyl (C=O) groups excluding carboxylic acids is 1. The molecule has 55 heavy (non-hydrogen) atoms. The Morgan fingerprint density at radius 2 is 1.40 bits per heavy atom. The number of aromatic amines is 1. The van der Waals surface area contributed by atoms with Crippen LogP contribution < -0.4 is 25.0 Å². The molecule has 1 fully saturated rings. The molecule has 1 amide bonds. The molecule has 1 aromatic heterocycles. The van der Waals surface area contributed by atoms with E-state index in [1.165, 1.54) is 25.7 Å². The van der Waals surface area contributed by atoms with E-state index in [9.17, 15) is 41.0 Å². The monoisotopic (exact) mass is 812 g/mol. The zero-order valence-electron chi connectivity index (χ0n) is 30.3. The summed E-state index contributed by atoms with van der Waals surface area (Å²) < 4.78 is 75.0. The minimum Gasteiger partial charge on any atom is -0.506 e. The highest BCUT2D eigenvalue weighted by atomic mass is 32.1. The lowest BCUT2D eigenvalue weighted by atomic mass is 10.1. The number of methoxy groups -OCH3 is 2. The highest BCUT2D eigenvalue weighted by Gasteiger charge is 2.39. The van der Waals surface area contributed by atoms with Gasteiger partial charge in [-0.25, -0.2) is 9.59 Å². The summed E-state index contributed by atoms with van der Waals surface area (Å²) in [4.78, 5) is 47.6. The number of thiazole rings is 1. The summed E-state index contributed by atoms with van der Waals surface area (Å²) in [7, 11) is 3.27. The summed E-state index contributed by atoms with van der Waals surface area (Å²) in [6.45, 7) is 3.58. The minimum absolute atomic E-state index is 0.100. The van der Waals surface area contributed by atoms with Crippen LogP contribution in [0, 0.1) is 0 Å². The Kier molecular flexibility index (Phi) is 19.3. The van der Waals surface area contributed by atoms with Gasteiger partial charge in [-0.05, 0) is 68.1 Å². The molecule has 2 aromatic carbocycles. The van der Waals surface area contributed by atoms with Crippen molar-refractivity contribution in [3.8, 4) is 17.2 Å². The number of aromatic nitrogens is 1. The van der Waals surface area contributed by atoms with Crippen LogP contribution in [0.3, 0.4) is 0 Å². The van der Waals surface area contributed by atoms with E-state index in [-0.39, 0.29) is 16.5 Å². The Morgan fingerprint density at radius 1 is 0.836 bits per heavy atom. The first-order valence-corrected chi connectivity index (χ1v) is 18.1. The highest BCUT2D eigenvalue weighted by molar-refractivity contribution is 7.16. The van der Waals surface area contributed by atoms with Crippen LogP contribution in [0.15, 0.2) is 35.1 Å². The smallest absolute Gasteiger partial charge is 0.490 e. The topological polar surface area (TPSA) is 191 Å². The molecule has 1 aliphatic carbocycles. The number of aliphatic carboxylic acids is 2. The average Bonchev–Trinajstić information content (AvgIpc) is 3.33. The summed E-state index contributed by atoms with van der Waals surface area (Å²) in [6.07, 6.45) is -1.07. The molecule has 0 saturated heterocycles. The van der Waals surface area contributed by atoms with Crippen molar-refractivity contribution in [1.82, 2.24) is 20.5 Å². The van der Waals surface area contributed by atoms with E-state index in [0.29, 0.717) is 31.1 Å². The number of carbonyl (C=O) groups is 3. The summed E-state index contributed by atoms with van der Waals surface area (Å²) in [5, 5.41) is 31.2. The highest BCUT2D eigenvalue weighted by Crippen LogP contribution is 2.29. The molecule has 1 aliphatic rings. The summed E-state index contributed by atoms with van der Waals surface area (Å²) in [5.74, 6) is -3.75. The zero-order valence-corrected chi connectivity index (χ0v) is 31.1. The molecule has 0 atom stereocenters. The van der Waals surface area contributed by atoms with Crippen molar-refractivity contribution >= 4 is 39.4 Å². The number of carboxylic acids is 2. The summed E-state index contributed by atoms with van der Waals surface area (Å²) >= 11 is 1.13. The fourth-order valence-corrected chi connectivity index (χ4v) is 6.53. The molecule has 1 saturated carbocycles. The maximum Gasteiger partial charge on any atom is 0.490 e. The predicted molar refractivity (Wildman–Crippen MR) is 192 cm³/mol. The summed E-state index contributed by atoms with van der Waals surface area (Å²) in [5.41, 5.74) is 2.70. The van der Waals surface area contributed by atoms with Gasteiger partial charge in [-0.15, -0.1) is 0 Å². The molecule has 0 spiro atoms. The molecule has 3 aromatic rings. The molecule has 0 bridgehead atoms. The Morgan fingerprint density at radius 3 is 1.96 bits per heavy atom. The van der Waals surface area contributed by atoms with Gasteiger partial charge in [0.1, 0.15) is 11.3 Å². The number of fused-ring (bicyclic) bond motifs is 1. The molecule has 6 N–H and O–H groups in total. The molecule has 0 radical (unpaired) electrons. The lowest BCUT2D eigenvalue weighted by Gasteiger charge is -2.32. The second kappa shape index (κ2) is 22.7. The van der Waals surface area contributed by atoms with Crippen molar-refractivity contribution in [2.24, 2.45) is 0 Å². The number of benzene rings is 2. The number of ether oxygens (including phenoxy) is 2. The second-order valence-electron chi connectivity index (χ2n) is 12.2. The maximum atomic E-state index is 13.4. The van der Waals surface area contributed by atoms with Gasteiger partial charge in [0.2, 0.25) is 5.91 Å². The zero-order chi connectivity index (χ0) is 41.2. The Balaban J connectivity index is 0.000000633. The molecule has 13 nitrogen and oxygen atoms in total. The third kappa shape index (κ3) is 16.4. The van der Waals surface area contributed by atoms with Crippen molar-refractivity contribution in [2.45, 2.75) is 76.2 Å². The number of rotatable bonds is 15. The van der Waals surface area contributed by atoms with Crippen molar-refractivity contribution in [1.29, 1.82) is 0 Å². The number of aromatic hydroxyl groups is 1. The largest absolute Gasteiger partial charge is 0.506 e. The maximum absolute atomic E-state index is 13.4. The first-order valence-electron chi connectivity index (χ1n) is 17.2. The third-order valence-electron chi connectivity index (χ3n) is 8.36. The van der Waals surface area contributed by atoms with Gasteiger partial charge in [0.05, 0.1) is 18.9 Å². The molecule has 0 unspecified atom stereocenters. The lowest BCUT2D eigenvalue weighted by Crippen LogP contribution is -2.45. The number of amides is 1. The van der Waals surface area contributed by atoms with E-state index in [1.807, 2.05) is 24.3 Å². The van der Waals surface area contributed by atoms with Gasteiger partial charge < -0.3 is 45.3 Å². The van der Waals surface area contributed by atoms with Gasteiger partial charge in [-0.3, -0.25) is 9.59 Å². The van der Waals surface area contributed by atoms with Crippen LogP contribution in [0.1, 0.15) is 56.1 Å². The lowest BCUT2D eigenvalue weighted by molar-refractivity contribution is -0.193.